The van der Waals surface area contributed by atoms with Crippen molar-refractivity contribution in [3.63, 3.8) is 0 Å². The summed E-state index contributed by atoms with van der Waals surface area (Å²) in [6.45, 7) is 4.20. The van der Waals surface area contributed by atoms with E-state index in [1.807, 2.05) is 28.5 Å². The summed E-state index contributed by atoms with van der Waals surface area (Å²) in [7, 11) is 0. The van der Waals surface area contributed by atoms with Gasteiger partial charge in [0, 0.05) is 69.8 Å². The lowest BCUT2D eigenvalue weighted by Gasteiger charge is -2.32. The number of anilines is 2. The molecule has 224 valence electrons. The van der Waals surface area contributed by atoms with Crippen LogP contribution in [-0.2, 0) is 11.3 Å². The number of hydrogen-bond acceptors (Lipinski definition) is 7. The molecule has 0 saturated carbocycles. The number of nitrogens with zero attached hydrogens (tertiary/aromatic N) is 5. The van der Waals surface area contributed by atoms with Gasteiger partial charge < -0.3 is 19.1 Å². The van der Waals surface area contributed by atoms with Gasteiger partial charge >= 0.3 is 0 Å². The first-order valence-electron chi connectivity index (χ1n) is 14.3. The first-order chi connectivity index (χ1) is 20.8. The van der Waals surface area contributed by atoms with Crippen molar-refractivity contribution >= 4 is 45.6 Å². The molecule has 1 aromatic carbocycles. The number of benzene rings is 1. The fourth-order valence-corrected chi connectivity index (χ4v) is 6.82. The van der Waals surface area contributed by atoms with E-state index in [-0.39, 0.29) is 24.0 Å². The lowest BCUT2D eigenvalue weighted by Crippen LogP contribution is -2.40. The molecule has 4 aromatic rings. The highest BCUT2D eigenvalue weighted by atomic mass is 35.5. The lowest BCUT2D eigenvalue weighted by molar-refractivity contribution is -0.130. The summed E-state index contributed by atoms with van der Waals surface area (Å²) in [6.07, 6.45) is 6.77. The third-order valence-corrected chi connectivity index (χ3v) is 9.04. The van der Waals surface area contributed by atoms with Gasteiger partial charge in [0.1, 0.15) is 17.5 Å². The molecule has 43 heavy (non-hydrogen) atoms. The molecule has 2 aliphatic rings. The number of likely N-dealkylation sites (tertiary alicyclic amines) is 1. The Balaban J connectivity index is 1.10. The van der Waals surface area contributed by atoms with Crippen molar-refractivity contribution in [3.8, 4) is 5.75 Å². The van der Waals surface area contributed by atoms with Crippen LogP contribution in [0.25, 0.3) is 0 Å². The third kappa shape index (κ3) is 6.67. The number of ether oxygens (including phenoxy) is 1. The molecule has 0 unspecified atom stereocenters. The van der Waals surface area contributed by atoms with Gasteiger partial charge in [0.05, 0.1) is 22.4 Å². The summed E-state index contributed by atoms with van der Waals surface area (Å²) in [5.41, 5.74) is 2.97. The third-order valence-electron chi connectivity index (χ3n) is 7.96. The van der Waals surface area contributed by atoms with Crippen LogP contribution < -0.4 is 15.0 Å². The Morgan fingerprint density at radius 1 is 1.14 bits per heavy atom. The van der Waals surface area contributed by atoms with Crippen molar-refractivity contribution < 1.29 is 18.7 Å². The second-order valence-electron chi connectivity index (χ2n) is 10.8. The van der Waals surface area contributed by atoms with Crippen molar-refractivity contribution in [1.82, 2.24) is 19.4 Å². The van der Waals surface area contributed by atoms with Gasteiger partial charge in [-0.15, -0.1) is 11.3 Å². The Labute approximate surface area is 258 Å². The van der Waals surface area contributed by atoms with Crippen LogP contribution in [-0.4, -0.2) is 57.0 Å². The zero-order chi connectivity index (χ0) is 29.9. The van der Waals surface area contributed by atoms with Crippen LogP contribution in [0.4, 0.5) is 15.2 Å². The minimum atomic E-state index is -0.555. The molecule has 2 saturated heterocycles. The predicted molar refractivity (Wildman–Crippen MR) is 164 cm³/mol. The SMILES string of the molecule is CC(=O)N1CCC(Oc2ccc(N3CCC[C@@H]3c3csc(NC(=O)c4cccn4Cc4ccnc(F)c4)n3)c(Cl)c2)CC1. The van der Waals surface area contributed by atoms with Crippen molar-refractivity contribution in [3.05, 3.63) is 88.2 Å². The van der Waals surface area contributed by atoms with Gasteiger partial charge in [-0.1, -0.05) is 11.6 Å². The largest absolute Gasteiger partial charge is 0.490 e. The Hall–Kier alpha value is -3.96. The molecule has 5 heterocycles. The van der Waals surface area contributed by atoms with E-state index in [1.54, 1.807) is 35.9 Å². The first kappa shape index (κ1) is 29.1. The summed E-state index contributed by atoms with van der Waals surface area (Å²) in [5, 5.41) is 6.04. The van der Waals surface area contributed by atoms with Crippen molar-refractivity contribution in [1.29, 1.82) is 0 Å². The molecule has 3 aromatic heterocycles. The molecule has 1 N–H and O–H groups in total. The molecule has 1 atom stereocenters. The number of pyridine rings is 1. The Morgan fingerprint density at radius 2 is 1.98 bits per heavy atom. The zero-order valence-electron chi connectivity index (χ0n) is 23.7. The lowest BCUT2D eigenvalue weighted by atomic mass is 10.1. The van der Waals surface area contributed by atoms with E-state index in [2.05, 4.69) is 15.2 Å². The molecule has 9 nitrogen and oxygen atoms in total. The first-order valence-corrected chi connectivity index (χ1v) is 15.6. The number of halogens is 2. The minimum absolute atomic E-state index is 0.0347. The van der Waals surface area contributed by atoms with Crippen molar-refractivity contribution in [2.45, 2.75) is 51.3 Å². The minimum Gasteiger partial charge on any atom is -0.490 e. The number of piperidine rings is 1. The zero-order valence-corrected chi connectivity index (χ0v) is 25.3. The quantitative estimate of drug-likeness (QED) is 0.237. The maximum atomic E-state index is 13.5. The van der Waals surface area contributed by atoms with Crippen LogP contribution in [0, 0.1) is 5.95 Å². The highest BCUT2D eigenvalue weighted by molar-refractivity contribution is 7.14. The number of carbonyl (C=O) groups is 2. The number of nitrogens with one attached hydrogen (secondary N) is 1. The second kappa shape index (κ2) is 12.7. The summed E-state index contributed by atoms with van der Waals surface area (Å²) in [5.74, 6) is -0.00991. The van der Waals surface area contributed by atoms with E-state index in [4.69, 9.17) is 21.3 Å². The van der Waals surface area contributed by atoms with Crippen LogP contribution in [0.3, 0.4) is 0 Å². The monoisotopic (exact) mass is 622 g/mol. The normalized spacial score (nSPS) is 17.3. The maximum absolute atomic E-state index is 13.5. The molecule has 2 fully saturated rings. The molecular formula is C31H32ClFN6O3S. The van der Waals surface area contributed by atoms with E-state index >= 15 is 0 Å². The highest BCUT2D eigenvalue weighted by Crippen LogP contribution is 2.41. The fourth-order valence-electron chi connectivity index (χ4n) is 5.79. The molecule has 0 aliphatic carbocycles. The maximum Gasteiger partial charge on any atom is 0.274 e. The number of aromatic nitrogens is 3. The Bertz CT molecular complexity index is 1620. The van der Waals surface area contributed by atoms with E-state index in [0.717, 1.165) is 49.4 Å². The Kier molecular flexibility index (Phi) is 8.62. The topological polar surface area (TPSA) is 92.6 Å². The van der Waals surface area contributed by atoms with Crippen LogP contribution in [0.1, 0.15) is 60.4 Å². The van der Waals surface area contributed by atoms with E-state index in [9.17, 15) is 14.0 Å². The van der Waals surface area contributed by atoms with E-state index in [1.165, 1.54) is 23.6 Å². The van der Waals surface area contributed by atoms with Gasteiger partial charge in [0.25, 0.3) is 5.91 Å². The number of hydrogen-bond donors (Lipinski definition) is 1. The summed E-state index contributed by atoms with van der Waals surface area (Å²) >= 11 is 8.17. The molecule has 0 radical (unpaired) electrons. The van der Waals surface area contributed by atoms with Gasteiger partial charge in [0.2, 0.25) is 11.9 Å². The molecule has 0 bridgehead atoms. The highest BCUT2D eigenvalue weighted by Gasteiger charge is 2.30. The van der Waals surface area contributed by atoms with E-state index in [0.29, 0.717) is 41.0 Å². The van der Waals surface area contributed by atoms with Crippen LogP contribution >= 0.6 is 22.9 Å². The van der Waals surface area contributed by atoms with Gasteiger partial charge in [-0.3, -0.25) is 14.9 Å². The van der Waals surface area contributed by atoms with Gasteiger partial charge in [-0.05, 0) is 54.8 Å². The van der Waals surface area contributed by atoms with Crippen molar-refractivity contribution in [2.24, 2.45) is 0 Å². The molecule has 2 aliphatic heterocycles. The number of carbonyl (C=O) groups excluding carboxylic acids is 2. The molecule has 6 rings (SSSR count). The number of amides is 2. The summed E-state index contributed by atoms with van der Waals surface area (Å²) in [6, 6.07) is 12.4. The van der Waals surface area contributed by atoms with Gasteiger partial charge in [-0.2, -0.15) is 4.39 Å². The number of rotatable bonds is 8. The fraction of sp³-hybridized carbons (Fsp3) is 0.355. The van der Waals surface area contributed by atoms with Crippen molar-refractivity contribution in [2.75, 3.05) is 29.9 Å². The predicted octanol–water partition coefficient (Wildman–Crippen LogP) is 6.16. The Morgan fingerprint density at radius 3 is 2.74 bits per heavy atom. The smallest absolute Gasteiger partial charge is 0.274 e. The summed E-state index contributed by atoms with van der Waals surface area (Å²) in [4.78, 5) is 37.2. The molecular weight excluding hydrogens is 591 g/mol. The van der Waals surface area contributed by atoms with Gasteiger partial charge in [0.15, 0.2) is 5.13 Å². The second-order valence-corrected chi connectivity index (χ2v) is 12.1. The summed E-state index contributed by atoms with van der Waals surface area (Å²) < 4.78 is 21.5. The number of thiazole rings is 1. The molecule has 2 amide bonds. The van der Waals surface area contributed by atoms with Crippen LogP contribution in [0.15, 0.2) is 60.2 Å². The van der Waals surface area contributed by atoms with Crippen LogP contribution in [0.2, 0.25) is 5.02 Å². The standard InChI is InChI=1S/C31H32ClFN6O3S/c1-20(40)37-14-9-22(10-15-37)42-23-6-7-26(24(32)17-23)39-13-3-4-27(39)25-19-43-31(35-25)36-30(41)28-5-2-12-38(28)18-21-8-11-34-29(33)16-21/h2,5-8,11-12,16-17,19,22,27H,3-4,9-10,13-15,18H2,1H3,(H,35,36,41)/t27-/m1/s1. The van der Waals surface area contributed by atoms with E-state index < -0.39 is 5.95 Å². The molecule has 0 spiro atoms. The molecule has 12 heteroatoms. The average Bonchev–Trinajstić information content (AvgIpc) is 3.75. The average molecular weight is 623 g/mol. The van der Waals surface area contributed by atoms with Crippen LogP contribution in [0.5, 0.6) is 5.75 Å². The van der Waals surface area contributed by atoms with Gasteiger partial charge in [-0.25, -0.2) is 9.97 Å².